The molecule has 0 spiro atoms. The van der Waals surface area contributed by atoms with Gasteiger partial charge in [0.1, 0.15) is 0 Å². The van der Waals surface area contributed by atoms with Crippen LogP contribution in [0, 0.1) is 24.0 Å². The second kappa shape index (κ2) is 6.72. The minimum Gasteiger partial charge on any atom is -0.329 e. The second-order valence-electron chi connectivity index (χ2n) is 5.46. The molecule has 3 N–H and O–H groups in total. The van der Waals surface area contributed by atoms with Gasteiger partial charge in [-0.3, -0.25) is 10.1 Å². The first-order valence-electron chi connectivity index (χ1n) is 7.12. The Morgan fingerprint density at radius 1 is 1.23 bits per heavy atom. The van der Waals surface area contributed by atoms with Gasteiger partial charge in [0.15, 0.2) is 0 Å². The molecule has 0 aliphatic heterocycles. The summed E-state index contributed by atoms with van der Waals surface area (Å²) in [6, 6.07) is 2.62. The van der Waals surface area contributed by atoms with E-state index in [9.17, 15) is 18.5 Å². The van der Waals surface area contributed by atoms with Crippen molar-refractivity contribution in [2.45, 2.75) is 51.0 Å². The first-order chi connectivity index (χ1) is 10.1. The number of sulfonamides is 1. The van der Waals surface area contributed by atoms with Gasteiger partial charge >= 0.3 is 0 Å². The zero-order valence-electron chi connectivity index (χ0n) is 13.3. The first-order valence-corrected chi connectivity index (χ1v) is 8.60. The average molecular weight is 329 g/mol. The third-order valence-corrected chi connectivity index (χ3v) is 5.80. The summed E-state index contributed by atoms with van der Waals surface area (Å²) in [4.78, 5) is 10.4. The van der Waals surface area contributed by atoms with E-state index in [2.05, 4.69) is 4.72 Å². The Labute approximate surface area is 131 Å². The minimum absolute atomic E-state index is 0.0791. The monoisotopic (exact) mass is 329 g/mol. The van der Waals surface area contributed by atoms with Crippen LogP contribution in [0.1, 0.15) is 37.8 Å². The van der Waals surface area contributed by atoms with Crippen LogP contribution in [0.25, 0.3) is 0 Å². The maximum absolute atomic E-state index is 12.6. The molecule has 8 heteroatoms. The van der Waals surface area contributed by atoms with Crippen molar-refractivity contribution in [1.29, 1.82) is 0 Å². The van der Waals surface area contributed by atoms with Crippen LogP contribution in [-0.2, 0) is 10.0 Å². The van der Waals surface area contributed by atoms with Crippen LogP contribution in [0.3, 0.4) is 0 Å². The van der Waals surface area contributed by atoms with Crippen LogP contribution in [0.15, 0.2) is 17.0 Å². The number of nitro benzene ring substituents is 1. The summed E-state index contributed by atoms with van der Waals surface area (Å²) in [6.45, 7) is 7.06. The Kier molecular flexibility index (Phi) is 5.66. The summed E-state index contributed by atoms with van der Waals surface area (Å²) in [5, 5.41) is 11.0. The van der Waals surface area contributed by atoms with Crippen LogP contribution in [0.5, 0.6) is 0 Å². The number of aryl methyl sites for hydroxylation is 2. The van der Waals surface area contributed by atoms with E-state index >= 15 is 0 Å². The van der Waals surface area contributed by atoms with Crippen LogP contribution in [0.4, 0.5) is 5.69 Å². The molecule has 0 aliphatic rings. The normalized spacial score (nSPS) is 12.4. The van der Waals surface area contributed by atoms with Crippen molar-refractivity contribution >= 4 is 15.7 Å². The highest BCUT2D eigenvalue weighted by Gasteiger charge is 2.32. The SMILES string of the molecule is CCC(CC)(CN)NS(=O)(=O)c1cc([N+](=O)[O-])c(C)cc1C. The van der Waals surface area contributed by atoms with Gasteiger partial charge in [0.2, 0.25) is 10.0 Å². The van der Waals surface area contributed by atoms with Gasteiger partial charge in [-0.15, -0.1) is 0 Å². The standard InChI is InChI=1S/C14H23N3O4S/c1-5-14(6-2,9-15)16-22(20,21)13-8-12(17(18)19)10(3)7-11(13)4/h7-8,16H,5-6,9,15H2,1-4H3. The number of hydrogen-bond donors (Lipinski definition) is 2. The average Bonchev–Trinajstić information content (AvgIpc) is 2.44. The third kappa shape index (κ3) is 3.63. The van der Waals surface area contributed by atoms with E-state index in [0.717, 1.165) is 6.07 Å². The zero-order chi connectivity index (χ0) is 17.1. The molecule has 1 aromatic rings. The lowest BCUT2D eigenvalue weighted by Crippen LogP contribution is -2.52. The number of nitrogens with two attached hydrogens (primary N) is 1. The Hall–Kier alpha value is -1.51. The van der Waals surface area contributed by atoms with Crippen LogP contribution in [-0.4, -0.2) is 25.4 Å². The Bertz CT molecular complexity index is 659. The molecular weight excluding hydrogens is 306 g/mol. The van der Waals surface area contributed by atoms with E-state index in [1.54, 1.807) is 13.8 Å². The lowest BCUT2D eigenvalue weighted by atomic mass is 9.95. The molecule has 0 saturated heterocycles. The van der Waals surface area contributed by atoms with Crippen molar-refractivity contribution in [2.24, 2.45) is 5.73 Å². The largest absolute Gasteiger partial charge is 0.329 e. The van der Waals surface area contributed by atoms with E-state index < -0.39 is 20.5 Å². The molecule has 0 amide bonds. The smallest absolute Gasteiger partial charge is 0.273 e. The molecule has 0 saturated carbocycles. The highest BCUT2D eigenvalue weighted by atomic mass is 32.2. The topological polar surface area (TPSA) is 115 Å². The van der Waals surface area contributed by atoms with Crippen molar-refractivity contribution in [2.75, 3.05) is 6.54 Å². The summed E-state index contributed by atoms with van der Waals surface area (Å²) in [5.74, 6) is 0. The Balaban J connectivity index is 3.40. The fourth-order valence-corrected chi connectivity index (χ4v) is 4.17. The molecule has 0 atom stereocenters. The molecule has 1 rings (SSSR count). The molecule has 0 unspecified atom stereocenters. The third-order valence-electron chi connectivity index (χ3n) is 4.07. The predicted octanol–water partition coefficient (Wildman–Crippen LogP) is 2.01. The van der Waals surface area contributed by atoms with E-state index in [-0.39, 0.29) is 17.1 Å². The van der Waals surface area contributed by atoms with Gasteiger partial charge in [0.25, 0.3) is 5.69 Å². The fraction of sp³-hybridized carbons (Fsp3) is 0.571. The van der Waals surface area contributed by atoms with Crippen LogP contribution >= 0.6 is 0 Å². The number of rotatable bonds is 7. The molecule has 124 valence electrons. The fourth-order valence-electron chi connectivity index (χ4n) is 2.37. The maximum Gasteiger partial charge on any atom is 0.273 e. The molecule has 22 heavy (non-hydrogen) atoms. The van der Waals surface area contributed by atoms with Gasteiger partial charge in [-0.25, -0.2) is 13.1 Å². The Morgan fingerprint density at radius 2 is 1.77 bits per heavy atom. The summed E-state index contributed by atoms with van der Waals surface area (Å²) in [6.07, 6.45) is 1.07. The van der Waals surface area contributed by atoms with E-state index in [1.165, 1.54) is 6.07 Å². The summed E-state index contributed by atoms with van der Waals surface area (Å²) < 4.78 is 27.9. The molecule has 0 aromatic heterocycles. The molecule has 0 aliphatic carbocycles. The quantitative estimate of drug-likeness (QED) is 0.586. The van der Waals surface area contributed by atoms with Crippen molar-refractivity contribution < 1.29 is 13.3 Å². The predicted molar refractivity (Wildman–Crippen MR) is 85.3 cm³/mol. The van der Waals surface area contributed by atoms with Crippen molar-refractivity contribution in [3.05, 3.63) is 33.4 Å². The van der Waals surface area contributed by atoms with Gasteiger partial charge in [0.05, 0.1) is 9.82 Å². The summed E-state index contributed by atoms with van der Waals surface area (Å²) in [5.41, 5.74) is 5.66. The van der Waals surface area contributed by atoms with Gasteiger partial charge in [-0.1, -0.05) is 13.8 Å². The van der Waals surface area contributed by atoms with E-state index in [1.807, 2.05) is 13.8 Å². The first kappa shape index (κ1) is 18.5. The lowest BCUT2D eigenvalue weighted by molar-refractivity contribution is -0.385. The molecule has 7 nitrogen and oxygen atoms in total. The summed E-state index contributed by atoms with van der Waals surface area (Å²) in [7, 11) is -3.89. The van der Waals surface area contributed by atoms with E-state index in [4.69, 9.17) is 5.73 Å². The van der Waals surface area contributed by atoms with Gasteiger partial charge in [-0.05, 0) is 38.3 Å². The highest BCUT2D eigenvalue weighted by molar-refractivity contribution is 7.89. The molecule has 0 bridgehead atoms. The molecule has 0 heterocycles. The molecule has 1 aromatic carbocycles. The summed E-state index contributed by atoms with van der Waals surface area (Å²) >= 11 is 0. The van der Waals surface area contributed by atoms with Crippen LogP contribution in [0.2, 0.25) is 0 Å². The number of nitro groups is 1. The van der Waals surface area contributed by atoms with E-state index in [0.29, 0.717) is 24.0 Å². The number of nitrogens with zero attached hydrogens (tertiary/aromatic N) is 1. The number of hydrogen-bond acceptors (Lipinski definition) is 5. The van der Waals surface area contributed by atoms with Crippen molar-refractivity contribution in [3.63, 3.8) is 0 Å². The minimum atomic E-state index is -3.89. The highest BCUT2D eigenvalue weighted by Crippen LogP contribution is 2.27. The number of benzene rings is 1. The van der Waals surface area contributed by atoms with Gasteiger partial charge in [0, 0.05) is 23.7 Å². The van der Waals surface area contributed by atoms with Gasteiger partial charge in [-0.2, -0.15) is 0 Å². The second-order valence-corrected chi connectivity index (χ2v) is 7.11. The Morgan fingerprint density at radius 3 is 2.18 bits per heavy atom. The lowest BCUT2D eigenvalue weighted by Gasteiger charge is -2.31. The van der Waals surface area contributed by atoms with Crippen molar-refractivity contribution in [1.82, 2.24) is 4.72 Å². The van der Waals surface area contributed by atoms with Gasteiger partial charge < -0.3 is 5.73 Å². The molecular formula is C14H23N3O4S. The maximum atomic E-state index is 12.6. The zero-order valence-corrected chi connectivity index (χ0v) is 14.2. The number of nitrogens with one attached hydrogen (secondary N) is 1. The van der Waals surface area contributed by atoms with Crippen molar-refractivity contribution in [3.8, 4) is 0 Å². The molecule has 0 fully saturated rings. The molecule has 0 radical (unpaired) electrons. The van der Waals surface area contributed by atoms with Crippen LogP contribution < -0.4 is 10.5 Å².